The van der Waals surface area contributed by atoms with Crippen molar-refractivity contribution in [3.63, 3.8) is 0 Å². The number of aryl methyl sites for hydroxylation is 1. The first-order valence-electron chi connectivity index (χ1n) is 5.26. The molecule has 0 aliphatic carbocycles. The number of nitrogens with two attached hydrogens (primary N) is 1. The highest BCUT2D eigenvalue weighted by Crippen LogP contribution is 2.18. The lowest BCUT2D eigenvalue weighted by Crippen LogP contribution is -2.10. The predicted molar refractivity (Wildman–Crippen MR) is 75.8 cm³/mol. The summed E-state index contributed by atoms with van der Waals surface area (Å²) in [4.78, 5) is 13.9. The van der Waals surface area contributed by atoms with E-state index in [1.54, 1.807) is 17.4 Å². The second kappa shape index (κ2) is 5.98. The van der Waals surface area contributed by atoms with Crippen molar-refractivity contribution >= 4 is 34.7 Å². The fraction of sp³-hybridized carbons (Fsp3) is 0.300. The van der Waals surface area contributed by atoms with Crippen LogP contribution in [0.5, 0.6) is 0 Å². The SMILES string of the molecule is CSc1nc(NN)cc(NCc2cnc(C)s2)n1. The highest BCUT2D eigenvalue weighted by Gasteiger charge is 2.04. The number of nitrogen functional groups attached to an aromatic ring is 1. The van der Waals surface area contributed by atoms with Crippen LogP contribution in [0, 0.1) is 6.92 Å². The van der Waals surface area contributed by atoms with E-state index in [1.807, 2.05) is 19.4 Å². The molecule has 0 aliphatic heterocycles. The fourth-order valence-corrected chi connectivity index (χ4v) is 2.46. The molecule has 0 aliphatic rings. The van der Waals surface area contributed by atoms with E-state index in [9.17, 15) is 0 Å². The third-order valence-corrected chi connectivity index (χ3v) is 3.61. The van der Waals surface area contributed by atoms with Crippen molar-refractivity contribution in [2.75, 3.05) is 17.0 Å². The number of thiazole rings is 1. The number of rotatable bonds is 5. The van der Waals surface area contributed by atoms with Crippen LogP contribution >= 0.6 is 23.1 Å². The fourth-order valence-electron chi connectivity index (χ4n) is 1.35. The Bertz CT molecular complexity index is 505. The summed E-state index contributed by atoms with van der Waals surface area (Å²) in [7, 11) is 0. The molecule has 6 nitrogen and oxygen atoms in total. The van der Waals surface area contributed by atoms with Crippen LogP contribution in [-0.4, -0.2) is 21.2 Å². The molecule has 18 heavy (non-hydrogen) atoms. The Kier molecular flexibility index (Phi) is 4.34. The third kappa shape index (κ3) is 3.31. The van der Waals surface area contributed by atoms with Crippen molar-refractivity contribution in [1.82, 2.24) is 15.0 Å². The van der Waals surface area contributed by atoms with E-state index in [-0.39, 0.29) is 0 Å². The number of nitrogens with zero attached hydrogens (tertiary/aromatic N) is 3. The average molecular weight is 282 g/mol. The van der Waals surface area contributed by atoms with E-state index in [4.69, 9.17) is 5.84 Å². The number of hydrogen-bond acceptors (Lipinski definition) is 8. The number of anilines is 2. The Balaban J connectivity index is 2.08. The topological polar surface area (TPSA) is 88.8 Å². The van der Waals surface area contributed by atoms with Crippen LogP contribution in [0.25, 0.3) is 0 Å². The summed E-state index contributed by atoms with van der Waals surface area (Å²) in [6, 6.07) is 1.77. The number of aromatic nitrogens is 3. The Labute approximate surface area is 113 Å². The first-order valence-corrected chi connectivity index (χ1v) is 7.30. The van der Waals surface area contributed by atoms with E-state index >= 15 is 0 Å². The van der Waals surface area contributed by atoms with Gasteiger partial charge in [-0.25, -0.2) is 20.8 Å². The largest absolute Gasteiger partial charge is 0.365 e. The lowest BCUT2D eigenvalue weighted by atomic mass is 10.5. The van der Waals surface area contributed by atoms with Crippen LogP contribution in [0.3, 0.4) is 0 Å². The van der Waals surface area contributed by atoms with E-state index in [0.29, 0.717) is 17.5 Å². The molecule has 0 amide bonds. The molecule has 2 rings (SSSR count). The van der Waals surface area contributed by atoms with Crippen molar-refractivity contribution in [2.24, 2.45) is 5.84 Å². The Hall–Kier alpha value is -1.38. The van der Waals surface area contributed by atoms with Gasteiger partial charge in [0.25, 0.3) is 0 Å². The van der Waals surface area contributed by atoms with Gasteiger partial charge in [0.1, 0.15) is 11.6 Å². The molecule has 0 fully saturated rings. The highest BCUT2D eigenvalue weighted by molar-refractivity contribution is 7.98. The molecule has 0 unspecified atom stereocenters. The zero-order chi connectivity index (χ0) is 13.0. The maximum atomic E-state index is 5.37. The van der Waals surface area contributed by atoms with Gasteiger partial charge in [-0.15, -0.1) is 11.3 Å². The van der Waals surface area contributed by atoms with Crippen molar-refractivity contribution < 1.29 is 0 Å². The molecule has 96 valence electrons. The average Bonchev–Trinajstić information content (AvgIpc) is 2.81. The summed E-state index contributed by atoms with van der Waals surface area (Å²) < 4.78 is 0. The van der Waals surface area contributed by atoms with Crippen molar-refractivity contribution in [1.29, 1.82) is 0 Å². The van der Waals surface area contributed by atoms with E-state index in [2.05, 4.69) is 25.7 Å². The molecule has 2 aromatic heterocycles. The van der Waals surface area contributed by atoms with Gasteiger partial charge in [-0.05, 0) is 13.2 Å². The number of thioether (sulfide) groups is 1. The molecular formula is C10H14N6S2. The Morgan fingerprint density at radius 1 is 1.39 bits per heavy atom. The van der Waals surface area contributed by atoms with Crippen LogP contribution in [0.2, 0.25) is 0 Å². The lowest BCUT2D eigenvalue weighted by molar-refractivity contribution is 0.955. The van der Waals surface area contributed by atoms with Crippen molar-refractivity contribution in [2.45, 2.75) is 18.6 Å². The summed E-state index contributed by atoms with van der Waals surface area (Å²) in [6.45, 7) is 2.68. The molecule has 2 aromatic rings. The zero-order valence-corrected chi connectivity index (χ0v) is 11.7. The maximum Gasteiger partial charge on any atom is 0.191 e. The van der Waals surface area contributed by atoms with Crippen LogP contribution in [0.15, 0.2) is 17.4 Å². The molecule has 2 heterocycles. The molecule has 0 radical (unpaired) electrons. The number of nitrogens with one attached hydrogen (secondary N) is 2. The predicted octanol–water partition coefficient (Wildman–Crippen LogP) is 1.86. The Morgan fingerprint density at radius 2 is 2.17 bits per heavy atom. The summed E-state index contributed by atoms with van der Waals surface area (Å²) in [6.07, 6.45) is 3.79. The molecule has 0 bridgehead atoms. The quantitative estimate of drug-likeness (QED) is 0.334. The molecule has 0 saturated carbocycles. The van der Waals surface area contributed by atoms with Gasteiger partial charge in [-0.3, -0.25) is 0 Å². The van der Waals surface area contributed by atoms with Gasteiger partial charge in [0.2, 0.25) is 0 Å². The molecule has 0 aromatic carbocycles. The monoisotopic (exact) mass is 282 g/mol. The highest BCUT2D eigenvalue weighted by atomic mass is 32.2. The van der Waals surface area contributed by atoms with Gasteiger partial charge < -0.3 is 10.7 Å². The van der Waals surface area contributed by atoms with E-state index in [1.165, 1.54) is 16.6 Å². The normalized spacial score (nSPS) is 10.4. The smallest absolute Gasteiger partial charge is 0.191 e. The second-order valence-corrected chi connectivity index (χ2v) is 5.56. The Morgan fingerprint density at radius 3 is 2.78 bits per heavy atom. The number of hydrazine groups is 1. The lowest BCUT2D eigenvalue weighted by Gasteiger charge is -2.07. The van der Waals surface area contributed by atoms with Crippen LogP contribution in [0.1, 0.15) is 9.88 Å². The zero-order valence-electron chi connectivity index (χ0n) is 10.1. The minimum atomic E-state index is 0.595. The first-order chi connectivity index (χ1) is 8.71. The van der Waals surface area contributed by atoms with Crippen LogP contribution < -0.4 is 16.6 Å². The van der Waals surface area contributed by atoms with Gasteiger partial charge in [0.05, 0.1) is 11.6 Å². The molecule has 0 atom stereocenters. The standard InChI is InChI=1S/C10H14N6S2/c1-6-12-4-7(18-6)5-13-8-3-9(16-11)15-10(14-8)17-2/h3-4H,5,11H2,1-2H3,(H2,13,14,15,16). The third-order valence-electron chi connectivity index (χ3n) is 2.15. The molecule has 0 spiro atoms. The molecular weight excluding hydrogens is 268 g/mol. The maximum absolute atomic E-state index is 5.37. The van der Waals surface area contributed by atoms with Crippen molar-refractivity contribution in [3.8, 4) is 0 Å². The van der Waals surface area contributed by atoms with Crippen molar-refractivity contribution in [3.05, 3.63) is 22.1 Å². The first kappa shape index (κ1) is 13.1. The van der Waals surface area contributed by atoms with Crippen LogP contribution in [-0.2, 0) is 6.54 Å². The van der Waals surface area contributed by atoms with Gasteiger partial charge in [-0.2, -0.15) is 0 Å². The number of hydrogen-bond donors (Lipinski definition) is 3. The second-order valence-electron chi connectivity index (χ2n) is 3.47. The summed E-state index contributed by atoms with van der Waals surface area (Å²) in [5.41, 5.74) is 2.53. The van der Waals surface area contributed by atoms with Crippen LogP contribution in [0.4, 0.5) is 11.6 Å². The molecule has 0 saturated heterocycles. The summed E-state index contributed by atoms with van der Waals surface area (Å²) in [5, 5.41) is 4.97. The molecule has 8 heteroatoms. The van der Waals surface area contributed by atoms with Gasteiger partial charge >= 0.3 is 0 Å². The van der Waals surface area contributed by atoms with Gasteiger partial charge in [0.15, 0.2) is 5.16 Å². The minimum Gasteiger partial charge on any atom is -0.365 e. The summed E-state index contributed by atoms with van der Waals surface area (Å²) in [5.74, 6) is 6.71. The van der Waals surface area contributed by atoms with E-state index < -0.39 is 0 Å². The summed E-state index contributed by atoms with van der Waals surface area (Å²) >= 11 is 3.14. The van der Waals surface area contributed by atoms with Gasteiger partial charge in [0, 0.05) is 17.1 Å². The van der Waals surface area contributed by atoms with Gasteiger partial charge in [-0.1, -0.05) is 11.8 Å². The van der Waals surface area contributed by atoms with E-state index in [0.717, 1.165) is 10.8 Å². The minimum absolute atomic E-state index is 0.595. The molecule has 4 N–H and O–H groups in total.